The lowest BCUT2D eigenvalue weighted by molar-refractivity contribution is 0.0648. The van der Waals surface area contributed by atoms with Crippen LogP contribution in [0.25, 0.3) is 17.0 Å². The first-order valence-electron chi connectivity index (χ1n) is 11.3. The number of alkyl halides is 1. The maximum Gasteiger partial charge on any atom is 0.274 e. The number of ether oxygens (including phenoxy) is 1. The number of para-hydroxylation sites is 1. The van der Waals surface area contributed by atoms with E-state index in [1.165, 1.54) is 10.9 Å². The van der Waals surface area contributed by atoms with Gasteiger partial charge in [0.2, 0.25) is 0 Å². The van der Waals surface area contributed by atoms with E-state index in [1.54, 1.807) is 40.9 Å². The van der Waals surface area contributed by atoms with Crippen molar-refractivity contribution in [2.75, 3.05) is 31.7 Å². The summed E-state index contributed by atoms with van der Waals surface area (Å²) >= 11 is 0. The molecule has 1 aliphatic rings. The lowest BCUT2D eigenvalue weighted by atomic mass is 10.1. The number of rotatable bonds is 8. The smallest absolute Gasteiger partial charge is 0.274 e. The molecule has 35 heavy (non-hydrogen) atoms. The third-order valence-electron chi connectivity index (χ3n) is 5.79. The number of fused-ring (bicyclic) bond motifs is 1. The van der Waals surface area contributed by atoms with E-state index >= 15 is 0 Å². The molecule has 4 aromatic rings. The Morgan fingerprint density at radius 1 is 1.20 bits per heavy atom. The quantitative estimate of drug-likeness (QED) is 0.391. The minimum Gasteiger partial charge on any atom is -0.493 e. The number of halogens is 1. The van der Waals surface area contributed by atoms with Crippen LogP contribution in [0.15, 0.2) is 48.8 Å². The van der Waals surface area contributed by atoms with Crippen LogP contribution in [0, 0.1) is 0 Å². The van der Waals surface area contributed by atoms with Crippen LogP contribution >= 0.6 is 0 Å². The van der Waals surface area contributed by atoms with Crippen molar-refractivity contribution in [1.82, 2.24) is 29.3 Å². The molecule has 0 saturated carbocycles. The molecular formula is C24H24FN7O3. The molecule has 0 atom stereocenters. The third-order valence-corrected chi connectivity index (χ3v) is 5.79. The van der Waals surface area contributed by atoms with Crippen LogP contribution in [-0.4, -0.2) is 67.5 Å². The van der Waals surface area contributed by atoms with E-state index in [1.807, 2.05) is 18.2 Å². The van der Waals surface area contributed by atoms with Gasteiger partial charge in [0.1, 0.15) is 11.4 Å². The van der Waals surface area contributed by atoms with Gasteiger partial charge in [-0.3, -0.25) is 18.7 Å². The Bertz CT molecular complexity index is 1390. The Morgan fingerprint density at radius 3 is 2.80 bits per heavy atom. The van der Waals surface area contributed by atoms with Crippen LogP contribution in [0.3, 0.4) is 0 Å². The van der Waals surface area contributed by atoms with E-state index in [0.717, 1.165) is 6.42 Å². The van der Waals surface area contributed by atoms with Crippen molar-refractivity contribution in [2.24, 2.45) is 7.05 Å². The lowest BCUT2D eigenvalue weighted by Crippen LogP contribution is -2.42. The first kappa shape index (κ1) is 22.5. The summed E-state index contributed by atoms with van der Waals surface area (Å²) in [4.78, 5) is 32.0. The summed E-state index contributed by atoms with van der Waals surface area (Å²) in [5.41, 5.74) is 2.17. The third kappa shape index (κ3) is 4.44. The second-order valence-corrected chi connectivity index (χ2v) is 8.17. The molecule has 10 nitrogen and oxygen atoms in total. The number of benzene rings is 1. The molecule has 0 bridgehead atoms. The van der Waals surface area contributed by atoms with Gasteiger partial charge in [0, 0.05) is 44.5 Å². The Kier molecular flexibility index (Phi) is 6.13. The minimum absolute atomic E-state index is 0.195. The van der Waals surface area contributed by atoms with Crippen LogP contribution in [0.2, 0.25) is 0 Å². The van der Waals surface area contributed by atoms with E-state index in [4.69, 9.17) is 4.74 Å². The standard InChI is InChI=1S/C24H24FN7O3/c1-30-21(18(15-26-30)24(34)31-10-5-11-31)23(33)27-16-8-12-32-20(14-16)28-22(29-32)17-6-2-3-7-19(17)35-13-4-9-25/h2-3,6-8,12,14-15H,4-5,9-11,13H2,1H3,(H,27,33). The van der Waals surface area contributed by atoms with Crippen LogP contribution < -0.4 is 10.1 Å². The monoisotopic (exact) mass is 477 g/mol. The number of anilines is 1. The van der Waals surface area contributed by atoms with Crippen LogP contribution in [-0.2, 0) is 7.05 Å². The maximum atomic E-state index is 13.1. The molecule has 0 radical (unpaired) electrons. The van der Waals surface area contributed by atoms with Crippen molar-refractivity contribution >= 4 is 23.1 Å². The number of hydrogen-bond donors (Lipinski definition) is 1. The molecule has 1 aliphatic heterocycles. The number of hydrogen-bond acceptors (Lipinski definition) is 6. The molecule has 0 aliphatic carbocycles. The van der Waals surface area contributed by atoms with Gasteiger partial charge in [-0.1, -0.05) is 12.1 Å². The van der Waals surface area contributed by atoms with Crippen LogP contribution in [0.5, 0.6) is 5.75 Å². The zero-order chi connectivity index (χ0) is 24.4. The first-order chi connectivity index (χ1) is 17.0. The second-order valence-electron chi connectivity index (χ2n) is 8.17. The molecule has 4 heterocycles. The Balaban J connectivity index is 1.38. The van der Waals surface area contributed by atoms with Crippen molar-refractivity contribution < 1.29 is 18.7 Å². The van der Waals surface area contributed by atoms with Gasteiger partial charge in [-0.15, -0.1) is 5.10 Å². The number of pyridine rings is 1. The lowest BCUT2D eigenvalue weighted by Gasteiger charge is -2.30. The molecule has 1 aromatic carbocycles. The zero-order valence-corrected chi connectivity index (χ0v) is 19.1. The maximum absolute atomic E-state index is 13.1. The summed E-state index contributed by atoms with van der Waals surface area (Å²) in [7, 11) is 1.63. The summed E-state index contributed by atoms with van der Waals surface area (Å²) < 4.78 is 21.1. The number of likely N-dealkylation sites (tertiary alicyclic amines) is 1. The fourth-order valence-corrected chi connectivity index (χ4v) is 3.83. The molecule has 11 heteroatoms. The summed E-state index contributed by atoms with van der Waals surface area (Å²) in [5, 5.41) is 11.4. The van der Waals surface area contributed by atoms with Gasteiger partial charge in [-0.2, -0.15) is 5.10 Å². The summed E-state index contributed by atoms with van der Waals surface area (Å²) in [6, 6.07) is 10.7. The summed E-state index contributed by atoms with van der Waals surface area (Å²) in [6.07, 6.45) is 4.38. The van der Waals surface area contributed by atoms with E-state index in [2.05, 4.69) is 20.5 Å². The second kappa shape index (κ2) is 9.53. The van der Waals surface area contributed by atoms with Crippen molar-refractivity contribution in [1.29, 1.82) is 0 Å². The fourth-order valence-electron chi connectivity index (χ4n) is 3.83. The predicted molar refractivity (Wildman–Crippen MR) is 126 cm³/mol. The molecule has 3 aromatic heterocycles. The molecule has 1 saturated heterocycles. The Labute approximate surface area is 200 Å². The number of amides is 2. The molecule has 0 spiro atoms. The van der Waals surface area contributed by atoms with Crippen LogP contribution in [0.4, 0.5) is 10.1 Å². The number of aromatic nitrogens is 5. The highest BCUT2D eigenvalue weighted by atomic mass is 19.1. The van der Waals surface area contributed by atoms with Gasteiger partial charge in [0.05, 0.1) is 30.6 Å². The van der Waals surface area contributed by atoms with E-state index in [0.29, 0.717) is 48.0 Å². The normalized spacial score (nSPS) is 13.0. The van der Waals surface area contributed by atoms with Crippen molar-refractivity contribution in [3.05, 3.63) is 60.0 Å². The predicted octanol–water partition coefficient (Wildman–Crippen LogP) is 2.97. The zero-order valence-electron chi connectivity index (χ0n) is 19.1. The van der Waals surface area contributed by atoms with Gasteiger partial charge < -0.3 is 15.0 Å². The fraction of sp³-hybridized carbons (Fsp3) is 0.292. The molecule has 0 unspecified atom stereocenters. The van der Waals surface area contributed by atoms with Gasteiger partial charge in [0.25, 0.3) is 11.8 Å². The number of nitrogens with one attached hydrogen (secondary N) is 1. The molecule has 2 amide bonds. The number of carbonyl (C=O) groups is 2. The van der Waals surface area contributed by atoms with E-state index in [9.17, 15) is 14.0 Å². The van der Waals surface area contributed by atoms with Crippen molar-refractivity contribution in [3.8, 4) is 17.1 Å². The highest BCUT2D eigenvalue weighted by molar-refractivity contribution is 6.11. The first-order valence-corrected chi connectivity index (χ1v) is 11.3. The molecule has 1 N–H and O–H groups in total. The minimum atomic E-state index is -0.448. The van der Waals surface area contributed by atoms with Gasteiger partial charge in [-0.05, 0) is 24.6 Å². The molecule has 5 rings (SSSR count). The largest absolute Gasteiger partial charge is 0.493 e. The Morgan fingerprint density at radius 2 is 2.03 bits per heavy atom. The average molecular weight is 478 g/mol. The molecular weight excluding hydrogens is 453 g/mol. The van der Waals surface area contributed by atoms with Gasteiger partial charge in [-0.25, -0.2) is 9.50 Å². The van der Waals surface area contributed by atoms with Crippen LogP contribution in [0.1, 0.15) is 33.7 Å². The number of carbonyl (C=O) groups excluding carboxylic acids is 2. The van der Waals surface area contributed by atoms with Gasteiger partial charge in [0.15, 0.2) is 11.5 Å². The average Bonchev–Trinajstić information content (AvgIpc) is 3.41. The number of nitrogens with zero attached hydrogens (tertiary/aromatic N) is 6. The Hall–Kier alpha value is -4.28. The topological polar surface area (TPSA) is 107 Å². The highest BCUT2D eigenvalue weighted by Gasteiger charge is 2.28. The molecule has 180 valence electrons. The summed E-state index contributed by atoms with van der Waals surface area (Å²) in [6.45, 7) is 1.18. The highest BCUT2D eigenvalue weighted by Crippen LogP contribution is 2.28. The van der Waals surface area contributed by atoms with E-state index in [-0.39, 0.29) is 23.8 Å². The molecule has 1 fully saturated rings. The van der Waals surface area contributed by atoms with E-state index < -0.39 is 12.6 Å². The van der Waals surface area contributed by atoms with Crippen molar-refractivity contribution in [2.45, 2.75) is 12.8 Å². The van der Waals surface area contributed by atoms with Gasteiger partial charge >= 0.3 is 0 Å². The van der Waals surface area contributed by atoms with Crippen molar-refractivity contribution in [3.63, 3.8) is 0 Å². The summed E-state index contributed by atoms with van der Waals surface area (Å²) in [5.74, 6) is 0.378. The SMILES string of the molecule is Cn1ncc(C(=O)N2CCC2)c1C(=O)Nc1ccn2nc(-c3ccccc3OCCCF)nc2c1. The number of aryl methyl sites for hydroxylation is 1.